The lowest BCUT2D eigenvalue weighted by Crippen LogP contribution is -2.14. The molecule has 1 heterocycles. The van der Waals surface area contributed by atoms with Crippen molar-refractivity contribution in [3.05, 3.63) is 58.4 Å². The Kier molecular flexibility index (Phi) is 4.17. The van der Waals surface area contributed by atoms with Crippen molar-refractivity contribution in [3.63, 3.8) is 0 Å². The molecule has 0 bridgehead atoms. The Morgan fingerprint density at radius 1 is 1.20 bits per heavy atom. The first kappa shape index (κ1) is 16.9. The van der Waals surface area contributed by atoms with Gasteiger partial charge in [-0.05, 0) is 44.2 Å². The van der Waals surface area contributed by atoms with Crippen LogP contribution in [-0.4, -0.2) is 28.9 Å². The molecule has 0 unspecified atom stereocenters. The molecule has 9 heteroatoms. The Balaban J connectivity index is 2.13. The highest BCUT2D eigenvalue weighted by Gasteiger charge is 2.23. The second kappa shape index (κ2) is 6.17. The van der Waals surface area contributed by atoms with Crippen LogP contribution in [0.4, 0.5) is 5.69 Å². The molecule has 130 valence electrons. The summed E-state index contributed by atoms with van der Waals surface area (Å²) in [4.78, 5) is 14.6. The van der Waals surface area contributed by atoms with E-state index < -0.39 is 14.9 Å². The Bertz CT molecular complexity index is 1060. The van der Waals surface area contributed by atoms with E-state index in [1.54, 1.807) is 12.1 Å². The van der Waals surface area contributed by atoms with Gasteiger partial charge in [-0.1, -0.05) is 0 Å². The van der Waals surface area contributed by atoms with Crippen molar-refractivity contribution in [1.82, 2.24) is 8.96 Å². The van der Waals surface area contributed by atoms with Gasteiger partial charge in [0.15, 0.2) is 0 Å². The molecule has 0 N–H and O–H groups in total. The van der Waals surface area contributed by atoms with Crippen molar-refractivity contribution in [2.45, 2.75) is 18.7 Å². The summed E-state index contributed by atoms with van der Waals surface area (Å²) in [5.41, 5.74) is 0.397. The summed E-state index contributed by atoms with van der Waals surface area (Å²) >= 11 is 0. The third kappa shape index (κ3) is 2.93. The lowest BCUT2D eigenvalue weighted by atomic mass is 10.3. The smallest absolute Gasteiger partial charge is 0.271 e. The van der Waals surface area contributed by atoms with Gasteiger partial charge >= 0.3 is 0 Å². The summed E-state index contributed by atoms with van der Waals surface area (Å²) in [6.07, 6.45) is 0. The number of fused-ring (bicyclic) bond motifs is 1. The van der Waals surface area contributed by atoms with Gasteiger partial charge in [0.05, 0.1) is 27.5 Å². The van der Waals surface area contributed by atoms with E-state index >= 15 is 0 Å². The SMILES string of the molecule is CCOc1ccc(S(=O)(=O)n2c(C)nc3cc([N+](=O)[O-])ccc32)cc1. The summed E-state index contributed by atoms with van der Waals surface area (Å²) in [6.45, 7) is 3.86. The minimum atomic E-state index is -3.89. The second-order valence-electron chi connectivity index (χ2n) is 5.26. The third-order valence-corrected chi connectivity index (χ3v) is 5.45. The van der Waals surface area contributed by atoms with E-state index in [4.69, 9.17) is 4.74 Å². The minimum absolute atomic E-state index is 0.0803. The number of hydrogen-bond donors (Lipinski definition) is 0. The molecule has 2 aromatic carbocycles. The van der Waals surface area contributed by atoms with Crippen LogP contribution in [0.15, 0.2) is 47.4 Å². The van der Waals surface area contributed by atoms with Gasteiger partial charge in [0.2, 0.25) is 0 Å². The molecule has 0 saturated heterocycles. The van der Waals surface area contributed by atoms with Crippen molar-refractivity contribution < 1.29 is 18.1 Å². The number of hydrogen-bond acceptors (Lipinski definition) is 6. The van der Waals surface area contributed by atoms with Gasteiger partial charge in [0.25, 0.3) is 15.7 Å². The summed E-state index contributed by atoms with van der Waals surface area (Å²) < 4.78 is 32.3. The van der Waals surface area contributed by atoms with Gasteiger partial charge in [-0.25, -0.2) is 17.4 Å². The van der Waals surface area contributed by atoms with Gasteiger partial charge in [-0.3, -0.25) is 10.1 Å². The van der Waals surface area contributed by atoms with E-state index in [0.29, 0.717) is 12.4 Å². The summed E-state index contributed by atoms with van der Waals surface area (Å²) in [7, 11) is -3.89. The van der Waals surface area contributed by atoms with Crippen molar-refractivity contribution >= 4 is 26.7 Å². The molecule has 0 amide bonds. The number of rotatable bonds is 5. The number of ether oxygens (including phenoxy) is 1. The van der Waals surface area contributed by atoms with Crippen LogP contribution in [0, 0.1) is 17.0 Å². The molecule has 0 spiro atoms. The van der Waals surface area contributed by atoms with E-state index in [9.17, 15) is 18.5 Å². The predicted molar refractivity (Wildman–Crippen MR) is 91.3 cm³/mol. The zero-order chi connectivity index (χ0) is 18.2. The van der Waals surface area contributed by atoms with Crippen LogP contribution < -0.4 is 4.74 Å². The van der Waals surface area contributed by atoms with Crippen LogP contribution in [0.2, 0.25) is 0 Å². The van der Waals surface area contributed by atoms with Gasteiger partial charge in [0, 0.05) is 12.1 Å². The van der Waals surface area contributed by atoms with E-state index in [-0.39, 0.29) is 27.4 Å². The lowest BCUT2D eigenvalue weighted by molar-refractivity contribution is -0.384. The van der Waals surface area contributed by atoms with Crippen LogP contribution in [0.5, 0.6) is 5.75 Å². The van der Waals surface area contributed by atoms with Gasteiger partial charge < -0.3 is 4.74 Å². The molecule has 0 fully saturated rings. The van der Waals surface area contributed by atoms with E-state index in [1.165, 1.54) is 37.3 Å². The minimum Gasteiger partial charge on any atom is -0.494 e. The summed E-state index contributed by atoms with van der Waals surface area (Å²) in [6, 6.07) is 9.97. The first-order valence-corrected chi connectivity index (χ1v) is 8.90. The number of aromatic nitrogens is 2. The van der Waals surface area contributed by atoms with Crippen molar-refractivity contribution in [2.75, 3.05) is 6.61 Å². The fourth-order valence-electron chi connectivity index (χ4n) is 2.56. The Morgan fingerprint density at radius 2 is 1.88 bits per heavy atom. The first-order chi connectivity index (χ1) is 11.8. The number of nitro benzene ring substituents is 1. The second-order valence-corrected chi connectivity index (χ2v) is 7.05. The highest BCUT2D eigenvalue weighted by molar-refractivity contribution is 7.90. The fraction of sp³-hybridized carbons (Fsp3) is 0.188. The molecule has 3 aromatic rings. The molecule has 25 heavy (non-hydrogen) atoms. The maximum atomic E-state index is 13.0. The number of imidazole rings is 1. The highest BCUT2D eigenvalue weighted by atomic mass is 32.2. The zero-order valence-electron chi connectivity index (χ0n) is 13.5. The number of nitrogens with zero attached hydrogens (tertiary/aromatic N) is 3. The van der Waals surface area contributed by atoms with Crippen molar-refractivity contribution in [1.29, 1.82) is 0 Å². The molecule has 0 saturated carbocycles. The largest absolute Gasteiger partial charge is 0.494 e. The molecule has 0 aliphatic heterocycles. The van der Waals surface area contributed by atoms with Crippen LogP contribution in [0.25, 0.3) is 11.0 Å². The predicted octanol–water partition coefficient (Wildman–Crippen LogP) is 2.89. The maximum absolute atomic E-state index is 13.0. The third-order valence-electron chi connectivity index (χ3n) is 3.64. The monoisotopic (exact) mass is 361 g/mol. The first-order valence-electron chi connectivity index (χ1n) is 7.46. The molecule has 3 rings (SSSR count). The molecule has 0 atom stereocenters. The van der Waals surface area contributed by atoms with E-state index in [1.807, 2.05) is 6.92 Å². The molecule has 0 radical (unpaired) electrons. The van der Waals surface area contributed by atoms with Gasteiger partial charge in [-0.2, -0.15) is 0 Å². The molecule has 8 nitrogen and oxygen atoms in total. The fourth-order valence-corrected chi connectivity index (χ4v) is 4.06. The van der Waals surface area contributed by atoms with Crippen LogP contribution in [0.3, 0.4) is 0 Å². The van der Waals surface area contributed by atoms with Crippen LogP contribution >= 0.6 is 0 Å². The van der Waals surface area contributed by atoms with Crippen LogP contribution in [0.1, 0.15) is 12.7 Å². The average Bonchev–Trinajstić information content (AvgIpc) is 2.91. The number of nitro groups is 1. The summed E-state index contributed by atoms with van der Waals surface area (Å²) in [5, 5.41) is 10.9. The Morgan fingerprint density at radius 3 is 2.48 bits per heavy atom. The number of aryl methyl sites for hydroxylation is 1. The lowest BCUT2D eigenvalue weighted by Gasteiger charge is -2.09. The Hall–Kier alpha value is -2.94. The molecular weight excluding hydrogens is 346 g/mol. The van der Waals surface area contributed by atoms with Crippen molar-refractivity contribution in [2.24, 2.45) is 0 Å². The molecular formula is C16H15N3O5S. The quantitative estimate of drug-likeness (QED) is 0.511. The number of benzene rings is 2. The molecule has 0 aliphatic carbocycles. The Labute approximate surface area is 143 Å². The van der Waals surface area contributed by atoms with E-state index in [0.717, 1.165) is 3.97 Å². The number of non-ortho nitro benzene ring substituents is 1. The van der Waals surface area contributed by atoms with Gasteiger partial charge in [0.1, 0.15) is 11.6 Å². The topological polar surface area (TPSA) is 104 Å². The standard InChI is InChI=1S/C16H15N3O5S/c1-3-24-13-5-7-14(8-6-13)25(22,23)18-11(2)17-15-10-12(19(20)21)4-9-16(15)18/h4-10H,3H2,1-2H3. The van der Waals surface area contributed by atoms with Crippen LogP contribution in [-0.2, 0) is 10.0 Å². The molecule has 0 aliphatic rings. The summed E-state index contributed by atoms with van der Waals surface area (Å²) in [5.74, 6) is 0.800. The van der Waals surface area contributed by atoms with Gasteiger partial charge in [-0.15, -0.1) is 0 Å². The average molecular weight is 361 g/mol. The maximum Gasteiger partial charge on any atom is 0.271 e. The normalized spacial score (nSPS) is 11.6. The molecule has 1 aromatic heterocycles. The van der Waals surface area contributed by atoms with E-state index in [2.05, 4.69) is 4.98 Å². The van der Waals surface area contributed by atoms with Crippen molar-refractivity contribution in [3.8, 4) is 5.75 Å². The highest BCUT2D eigenvalue weighted by Crippen LogP contribution is 2.26. The zero-order valence-corrected chi connectivity index (χ0v) is 14.4.